The topological polar surface area (TPSA) is 143 Å². The Balaban J connectivity index is 1.18. The van der Waals surface area contributed by atoms with E-state index in [1.54, 1.807) is 6.92 Å². The summed E-state index contributed by atoms with van der Waals surface area (Å²) in [5, 5.41) is 10.2. The van der Waals surface area contributed by atoms with E-state index < -0.39 is 0 Å². The molecule has 6 rings (SSSR count). The van der Waals surface area contributed by atoms with E-state index in [-0.39, 0.29) is 24.6 Å². The van der Waals surface area contributed by atoms with E-state index in [1.165, 1.54) is 6.33 Å². The Hall–Kier alpha value is -4.40. The van der Waals surface area contributed by atoms with E-state index in [4.69, 9.17) is 18.9 Å². The molecule has 14 nitrogen and oxygen atoms in total. The van der Waals surface area contributed by atoms with Crippen LogP contribution in [0.15, 0.2) is 30.6 Å². The molecule has 14 heteroatoms. The van der Waals surface area contributed by atoms with Crippen molar-refractivity contribution in [2.75, 3.05) is 84.7 Å². The third kappa shape index (κ3) is 8.17. The van der Waals surface area contributed by atoms with Crippen LogP contribution in [0.25, 0.3) is 10.9 Å². The fraction of sp³-hybridized carbons (Fsp3) is 0.529. The van der Waals surface area contributed by atoms with Crippen LogP contribution in [-0.2, 0) is 16.1 Å². The highest BCUT2D eigenvalue weighted by Crippen LogP contribution is 2.44. The molecular formula is C34H46N8O6. The maximum atomic E-state index is 13.0. The summed E-state index contributed by atoms with van der Waals surface area (Å²) in [6, 6.07) is 7.35. The highest BCUT2D eigenvalue weighted by molar-refractivity contribution is 5.94. The van der Waals surface area contributed by atoms with Gasteiger partial charge in [-0.05, 0) is 44.5 Å². The van der Waals surface area contributed by atoms with Gasteiger partial charge in [-0.2, -0.15) is 0 Å². The van der Waals surface area contributed by atoms with Crippen molar-refractivity contribution >= 4 is 34.2 Å². The number of aromatic nitrogens is 2. The van der Waals surface area contributed by atoms with Gasteiger partial charge in [0, 0.05) is 77.3 Å². The van der Waals surface area contributed by atoms with E-state index in [0.717, 1.165) is 67.8 Å². The molecule has 3 aromatic rings. The number of rotatable bonds is 8. The Morgan fingerprint density at radius 1 is 1.06 bits per heavy atom. The molecule has 3 aliphatic rings. The van der Waals surface area contributed by atoms with Gasteiger partial charge in [-0.25, -0.2) is 9.97 Å². The second-order valence-corrected chi connectivity index (χ2v) is 12.4. The van der Waals surface area contributed by atoms with Crippen LogP contribution in [-0.4, -0.2) is 122 Å². The lowest BCUT2D eigenvalue weighted by molar-refractivity contribution is -0.125. The minimum atomic E-state index is -0.352. The van der Waals surface area contributed by atoms with Gasteiger partial charge in [0.25, 0.3) is 0 Å². The van der Waals surface area contributed by atoms with Gasteiger partial charge < -0.3 is 39.8 Å². The molecule has 48 heavy (non-hydrogen) atoms. The standard InChI is InChI=1S/C34H46N8O6/c1-23-34(44)36-8-4-16-45-29-18-26-27(19-30(29)46-17-5-10-41-12-14-42(15-13-41)11-9-35-24(2)43)37-21-38-33(26)39-31-25(20-40(23)3)6-7-28-32(31)48-22-47-28/h6-7,18-19,21,23H,4-5,8-17,20,22H2,1-3H3,(H,35,43)(H,36,44)(H,37,38,39)/t23-/m0/s1. The molecule has 1 fully saturated rings. The monoisotopic (exact) mass is 662 g/mol. The van der Waals surface area contributed by atoms with Gasteiger partial charge in [-0.3, -0.25) is 19.4 Å². The molecule has 0 radical (unpaired) electrons. The number of ether oxygens (including phenoxy) is 4. The molecule has 1 atom stereocenters. The number of fused-ring (bicyclic) bond motifs is 4. The van der Waals surface area contributed by atoms with Crippen molar-refractivity contribution in [1.82, 2.24) is 35.3 Å². The smallest absolute Gasteiger partial charge is 0.237 e. The number of nitrogens with zero attached hydrogens (tertiary/aromatic N) is 5. The van der Waals surface area contributed by atoms with Gasteiger partial charge in [0.2, 0.25) is 18.6 Å². The number of carbonyl (C=O) groups is 2. The summed E-state index contributed by atoms with van der Waals surface area (Å²) in [5.41, 5.74) is 2.38. The molecule has 3 N–H and O–H groups in total. The van der Waals surface area contributed by atoms with E-state index in [1.807, 2.05) is 43.1 Å². The Kier molecular flexibility index (Phi) is 10.9. The fourth-order valence-corrected chi connectivity index (χ4v) is 6.11. The number of hydrogen-bond acceptors (Lipinski definition) is 12. The fourth-order valence-electron chi connectivity index (χ4n) is 6.11. The van der Waals surface area contributed by atoms with Gasteiger partial charge in [0.15, 0.2) is 23.0 Å². The first kappa shape index (κ1) is 33.5. The Morgan fingerprint density at radius 3 is 2.69 bits per heavy atom. The Morgan fingerprint density at radius 2 is 1.88 bits per heavy atom. The SMILES string of the molecule is CC(=O)NCCN1CCN(CCCOc2cc3ncnc4c3cc2OCCCNC(=O)[C@H](C)N(C)Cc2ccc3c(c2N4)OCO3)CC1. The number of amides is 2. The number of hydrogen-bond donors (Lipinski definition) is 3. The second kappa shape index (κ2) is 15.7. The zero-order valence-electron chi connectivity index (χ0n) is 28.0. The third-order valence-corrected chi connectivity index (χ3v) is 9.05. The molecule has 0 unspecified atom stereocenters. The summed E-state index contributed by atoms with van der Waals surface area (Å²) >= 11 is 0. The number of carbonyl (C=O) groups excluding carboxylic acids is 2. The summed E-state index contributed by atoms with van der Waals surface area (Å²) in [5.74, 6) is 3.03. The molecule has 0 aliphatic carbocycles. The summed E-state index contributed by atoms with van der Waals surface area (Å²) in [4.78, 5) is 40.1. The van der Waals surface area contributed by atoms with Gasteiger partial charge in [0.05, 0.1) is 30.5 Å². The maximum absolute atomic E-state index is 13.0. The molecule has 2 aromatic carbocycles. The Bertz CT molecular complexity index is 1600. The van der Waals surface area contributed by atoms with Crippen LogP contribution in [0.3, 0.4) is 0 Å². The quantitative estimate of drug-likeness (QED) is 0.305. The lowest BCUT2D eigenvalue weighted by atomic mass is 10.1. The summed E-state index contributed by atoms with van der Waals surface area (Å²) < 4.78 is 24.2. The normalized spacial score (nSPS) is 19.3. The maximum Gasteiger partial charge on any atom is 0.237 e. The average molecular weight is 663 g/mol. The van der Waals surface area contributed by atoms with E-state index in [9.17, 15) is 9.59 Å². The van der Waals surface area contributed by atoms with Crippen LogP contribution in [0, 0.1) is 0 Å². The van der Waals surface area contributed by atoms with Gasteiger partial charge in [0.1, 0.15) is 12.1 Å². The predicted molar refractivity (Wildman–Crippen MR) is 181 cm³/mol. The lowest BCUT2D eigenvalue weighted by Gasteiger charge is -2.34. The third-order valence-electron chi connectivity index (χ3n) is 9.05. The highest BCUT2D eigenvalue weighted by Gasteiger charge is 2.26. The largest absolute Gasteiger partial charge is 0.490 e. The molecule has 0 spiro atoms. The van der Waals surface area contributed by atoms with Gasteiger partial charge >= 0.3 is 0 Å². The van der Waals surface area contributed by atoms with Gasteiger partial charge in [-0.1, -0.05) is 6.07 Å². The van der Waals surface area contributed by atoms with Crippen molar-refractivity contribution in [3.05, 3.63) is 36.2 Å². The molecule has 0 saturated carbocycles. The van der Waals surface area contributed by atoms with Crippen molar-refractivity contribution in [1.29, 1.82) is 0 Å². The molecule has 3 aliphatic heterocycles. The predicted octanol–water partition coefficient (Wildman–Crippen LogP) is 2.34. The minimum absolute atomic E-state index is 0.0135. The molecule has 1 saturated heterocycles. The first-order chi connectivity index (χ1) is 23.4. The minimum Gasteiger partial charge on any atom is -0.490 e. The van der Waals surface area contributed by atoms with Gasteiger partial charge in [-0.15, -0.1) is 0 Å². The molecule has 1 aromatic heterocycles. The zero-order valence-corrected chi connectivity index (χ0v) is 28.0. The van der Waals surface area contributed by atoms with Crippen LogP contribution < -0.4 is 34.9 Å². The summed E-state index contributed by atoms with van der Waals surface area (Å²) in [6.07, 6.45) is 3.03. The first-order valence-corrected chi connectivity index (χ1v) is 16.8. The summed E-state index contributed by atoms with van der Waals surface area (Å²) in [7, 11) is 1.93. The number of nitrogens with one attached hydrogen (secondary N) is 3. The van der Waals surface area contributed by atoms with Crippen LogP contribution in [0.2, 0.25) is 0 Å². The average Bonchev–Trinajstić information content (AvgIpc) is 3.57. The summed E-state index contributed by atoms with van der Waals surface area (Å²) in [6.45, 7) is 11.9. The van der Waals surface area contributed by atoms with Crippen LogP contribution >= 0.6 is 0 Å². The van der Waals surface area contributed by atoms with Crippen LogP contribution in [0.5, 0.6) is 23.0 Å². The molecule has 4 heterocycles. The van der Waals surface area contributed by atoms with Crippen molar-refractivity contribution in [2.24, 2.45) is 0 Å². The van der Waals surface area contributed by atoms with E-state index >= 15 is 0 Å². The molecular weight excluding hydrogens is 616 g/mol. The van der Waals surface area contributed by atoms with E-state index in [0.29, 0.717) is 68.1 Å². The zero-order chi connectivity index (χ0) is 33.5. The van der Waals surface area contributed by atoms with Crippen LogP contribution in [0.4, 0.5) is 11.5 Å². The molecule has 258 valence electrons. The molecule has 2 amide bonds. The number of anilines is 2. The Labute approximate surface area is 281 Å². The van der Waals surface area contributed by atoms with Crippen molar-refractivity contribution in [3.63, 3.8) is 0 Å². The number of piperazine rings is 1. The molecule has 2 bridgehead atoms. The first-order valence-electron chi connectivity index (χ1n) is 16.8. The van der Waals surface area contributed by atoms with Crippen molar-refractivity contribution in [2.45, 2.75) is 39.3 Å². The van der Waals surface area contributed by atoms with Crippen molar-refractivity contribution in [3.8, 4) is 23.0 Å². The van der Waals surface area contributed by atoms with Crippen molar-refractivity contribution < 1.29 is 28.5 Å². The van der Waals surface area contributed by atoms with Crippen LogP contribution in [0.1, 0.15) is 32.3 Å². The second-order valence-electron chi connectivity index (χ2n) is 12.4. The van der Waals surface area contributed by atoms with E-state index in [2.05, 4.69) is 35.7 Å². The number of likely N-dealkylation sites (N-methyl/N-ethyl adjacent to an activating group) is 1. The lowest BCUT2D eigenvalue weighted by Crippen LogP contribution is -2.48. The number of benzene rings is 2. The highest BCUT2D eigenvalue weighted by atomic mass is 16.7.